The Morgan fingerprint density at radius 2 is 1.71 bits per heavy atom. The van der Waals surface area contributed by atoms with Crippen molar-refractivity contribution in [3.05, 3.63) is 17.2 Å². The first kappa shape index (κ1) is 7.35. The standard InChI is InChI=1S/C3H4N2S.Pb/c6-3-4-1-2-5-3;/h1-2H,(H2,4,5,6);. The molecule has 1 aromatic rings. The van der Waals surface area contributed by atoms with Crippen LogP contribution >= 0.6 is 12.2 Å². The normalized spacial score (nSPS) is 7.43. The van der Waals surface area contributed by atoms with E-state index in [0.29, 0.717) is 4.77 Å². The topological polar surface area (TPSA) is 31.6 Å². The van der Waals surface area contributed by atoms with Crippen molar-refractivity contribution < 1.29 is 0 Å². The molecular formula is C3H4N2PbS. The molecule has 1 aromatic heterocycles. The van der Waals surface area contributed by atoms with E-state index in [9.17, 15) is 0 Å². The van der Waals surface area contributed by atoms with Crippen molar-refractivity contribution in [2.75, 3.05) is 0 Å². The summed E-state index contributed by atoms with van der Waals surface area (Å²) in [6.07, 6.45) is 3.50. The van der Waals surface area contributed by atoms with Gasteiger partial charge in [0, 0.05) is 39.7 Å². The summed E-state index contributed by atoms with van der Waals surface area (Å²) < 4.78 is 0.676. The third-order valence-electron chi connectivity index (χ3n) is 0.512. The van der Waals surface area contributed by atoms with Crippen molar-refractivity contribution >= 4 is 39.5 Å². The summed E-state index contributed by atoms with van der Waals surface area (Å²) >= 11 is 4.63. The van der Waals surface area contributed by atoms with Gasteiger partial charge in [0.25, 0.3) is 0 Å². The molecule has 0 aromatic carbocycles. The molecule has 7 heavy (non-hydrogen) atoms. The molecule has 0 amide bonds. The molecule has 0 atom stereocenters. The quantitative estimate of drug-likeness (QED) is 0.536. The van der Waals surface area contributed by atoms with E-state index < -0.39 is 0 Å². The number of hydrogen-bond donors (Lipinski definition) is 2. The zero-order valence-electron chi connectivity index (χ0n) is 3.56. The molecule has 0 bridgehead atoms. The van der Waals surface area contributed by atoms with Crippen LogP contribution in [0, 0.1) is 4.77 Å². The van der Waals surface area contributed by atoms with E-state index in [2.05, 4.69) is 22.2 Å². The van der Waals surface area contributed by atoms with Gasteiger partial charge < -0.3 is 9.97 Å². The van der Waals surface area contributed by atoms with E-state index in [-0.39, 0.29) is 27.3 Å². The summed E-state index contributed by atoms with van der Waals surface area (Å²) in [7, 11) is 0. The fourth-order valence-electron chi connectivity index (χ4n) is 0.276. The molecule has 4 heteroatoms. The molecule has 2 N–H and O–H groups in total. The molecule has 0 spiro atoms. The van der Waals surface area contributed by atoms with Gasteiger partial charge in [-0.15, -0.1) is 0 Å². The Kier molecular flexibility index (Phi) is 3.54. The van der Waals surface area contributed by atoms with Crippen LogP contribution in [0.2, 0.25) is 0 Å². The van der Waals surface area contributed by atoms with Crippen molar-refractivity contribution in [3.63, 3.8) is 0 Å². The average Bonchev–Trinajstić information content (AvgIpc) is 1.86. The van der Waals surface area contributed by atoms with Crippen molar-refractivity contribution in [1.82, 2.24) is 9.97 Å². The van der Waals surface area contributed by atoms with Crippen LogP contribution in [0.25, 0.3) is 0 Å². The molecule has 1 rings (SSSR count). The van der Waals surface area contributed by atoms with Crippen LogP contribution in [-0.4, -0.2) is 37.3 Å². The first-order valence-electron chi connectivity index (χ1n) is 1.61. The molecule has 0 aliphatic rings. The van der Waals surface area contributed by atoms with Gasteiger partial charge in [0.05, 0.1) is 0 Å². The van der Waals surface area contributed by atoms with E-state index in [4.69, 9.17) is 0 Å². The molecule has 4 radical (unpaired) electrons. The molecule has 0 aliphatic carbocycles. The molecule has 1 heterocycles. The van der Waals surface area contributed by atoms with Crippen LogP contribution in [0.4, 0.5) is 0 Å². The van der Waals surface area contributed by atoms with Crippen LogP contribution in [0.5, 0.6) is 0 Å². The van der Waals surface area contributed by atoms with Crippen molar-refractivity contribution in [1.29, 1.82) is 0 Å². The maximum Gasteiger partial charge on any atom is 0.174 e. The molecule has 0 saturated heterocycles. The third-order valence-corrected chi connectivity index (χ3v) is 0.748. The van der Waals surface area contributed by atoms with Crippen molar-refractivity contribution in [3.8, 4) is 0 Å². The summed E-state index contributed by atoms with van der Waals surface area (Å²) in [5, 5.41) is 0. The van der Waals surface area contributed by atoms with Crippen molar-refractivity contribution in [2.45, 2.75) is 0 Å². The first-order valence-corrected chi connectivity index (χ1v) is 2.02. The van der Waals surface area contributed by atoms with Crippen LogP contribution in [0.1, 0.15) is 0 Å². The molecule has 0 aliphatic heterocycles. The summed E-state index contributed by atoms with van der Waals surface area (Å²) in [6, 6.07) is 0. The van der Waals surface area contributed by atoms with Gasteiger partial charge in [0.1, 0.15) is 0 Å². The fourth-order valence-corrected chi connectivity index (χ4v) is 0.412. The smallest absolute Gasteiger partial charge is 0.174 e. The monoisotopic (exact) mass is 308 g/mol. The fraction of sp³-hybridized carbons (Fsp3) is 0. The van der Waals surface area contributed by atoms with Crippen LogP contribution in [0.15, 0.2) is 12.4 Å². The minimum absolute atomic E-state index is 0. The van der Waals surface area contributed by atoms with E-state index in [0.717, 1.165) is 0 Å². The van der Waals surface area contributed by atoms with Crippen LogP contribution in [-0.2, 0) is 0 Å². The van der Waals surface area contributed by atoms with Crippen molar-refractivity contribution in [2.24, 2.45) is 0 Å². The second-order valence-corrected chi connectivity index (χ2v) is 1.36. The van der Waals surface area contributed by atoms with Gasteiger partial charge in [0.15, 0.2) is 4.77 Å². The van der Waals surface area contributed by atoms with Gasteiger partial charge in [0.2, 0.25) is 0 Å². The first-order chi connectivity index (χ1) is 2.89. The van der Waals surface area contributed by atoms with E-state index in [1.165, 1.54) is 0 Å². The van der Waals surface area contributed by atoms with E-state index in [1.54, 1.807) is 12.4 Å². The summed E-state index contributed by atoms with van der Waals surface area (Å²) in [5.41, 5.74) is 0. The number of imidazole rings is 1. The van der Waals surface area contributed by atoms with E-state index >= 15 is 0 Å². The van der Waals surface area contributed by atoms with Gasteiger partial charge in [-0.2, -0.15) is 0 Å². The van der Waals surface area contributed by atoms with Gasteiger partial charge in [-0.05, 0) is 12.2 Å². The third kappa shape index (κ3) is 2.23. The van der Waals surface area contributed by atoms with E-state index in [1.807, 2.05) is 0 Å². The molecular weight excluding hydrogens is 303 g/mol. The minimum Gasteiger partial charge on any atom is -0.338 e. The maximum atomic E-state index is 4.63. The predicted octanol–water partition coefficient (Wildman–Crippen LogP) is 0.691. The Morgan fingerprint density at radius 3 is 1.86 bits per heavy atom. The zero-order valence-corrected chi connectivity index (χ0v) is 8.27. The van der Waals surface area contributed by atoms with Gasteiger partial charge >= 0.3 is 0 Å². The molecule has 0 saturated carbocycles. The largest absolute Gasteiger partial charge is 0.338 e. The molecule has 36 valence electrons. The van der Waals surface area contributed by atoms with Crippen LogP contribution in [0.3, 0.4) is 0 Å². The van der Waals surface area contributed by atoms with Gasteiger partial charge in [-0.1, -0.05) is 0 Å². The number of H-pyrrole nitrogens is 2. The van der Waals surface area contributed by atoms with Gasteiger partial charge in [-0.25, -0.2) is 0 Å². The second-order valence-electron chi connectivity index (χ2n) is 0.951. The maximum absolute atomic E-state index is 4.63. The number of rotatable bonds is 0. The Bertz CT molecular complexity index is 151. The average molecular weight is 307 g/mol. The SMILES string of the molecule is S=c1[nH]cc[nH]1.[Pb]. The molecule has 0 fully saturated rings. The summed E-state index contributed by atoms with van der Waals surface area (Å²) in [5.74, 6) is 0. The number of aromatic amines is 2. The zero-order chi connectivity index (χ0) is 4.41. The summed E-state index contributed by atoms with van der Waals surface area (Å²) in [4.78, 5) is 5.52. The van der Waals surface area contributed by atoms with Crippen LogP contribution < -0.4 is 0 Å². The Labute approximate surface area is 66.5 Å². The molecule has 0 unspecified atom stereocenters. The Hall–Kier alpha value is 0.352. The minimum atomic E-state index is 0. The van der Waals surface area contributed by atoms with Gasteiger partial charge in [-0.3, -0.25) is 0 Å². The Balaban J connectivity index is 0.000000360. The molecule has 2 nitrogen and oxygen atoms in total. The summed E-state index contributed by atoms with van der Waals surface area (Å²) in [6.45, 7) is 0. The Morgan fingerprint density at radius 1 is 1.29 bits per heavy atom. The number of hydrogen-bond acceptors (Lipinski definition) is 1. The number of aromatic nitrogens is 2. The second kappa shape index (κ2) is 3.37. The predicted molar refractivity (Wildman–Crippen MR) is 31.7 cm³/mol. The number of nitrogens with one attached hydrogen (secondary N) is 2.